The molecule has 15 nitrogen and oxygen atoms in total. The highest BCUT2D eigenvalue weighted by atomic mass is 32.2. The molecule has 0 radical (unpaired) electrons. The molecule has 0 aliphatic heterocycles. The minimum absolute atomic E-state index is 0.174. The number of carbonyl (C=O) groups excluding carboxylic acids is 3. The molecular formula is C36H52F6O15S3. The van der Waals surface area contributed by atoms with Gasteiger partial charge in [0.05, 0.1) is 17.3 Å². The van der Waals surface area contributed by atoms with Crippen LogP contribution in [0.1, 0.15) is 103 Å². The van der Waals surface area contributed by atoms with Gasteiger partial charge >= 0.3 is 64.0 Å². The molecule has 24 heteroatoms. The molecule has 9 rings (SSSR count). The highest BCUT2D eigenvalue weighted by Crippen LogP contribution is 2.60. The third-order valence-electron chi connectivity index (χ3n) is 13.6. The maximum Gasteiger partial charge on any atom is 0.402 e. The largest absolute Gasteiger partial charge is 0.458 e. The fourth-order valence-electron chi connectivity index (χ4n) is 11.2. The molecule has 0 aromatic rings. The van der Waals surface area contributed by atoms with E-state index >= 15 is 0 Å². The highest BCUT2D eigenvalue weighted by molar-refractivity contribution is 7.87. The van der Waals surface area contributed by atoms with Crippen LogP contribution >= 0.6 is 0 Å². The number of hydrogen-bond donors (Lipinski definition) is 3. The Morgan fingerprint density at radius 3 is 1.23 bits per heavy atom. The normalized spacial score (nSPS) is 34.7. The zero-order valence-electron chi connectivity index (χ0n) is 32.7. The average molecular weight is 935 g/mol. The van der Waals surface area contributed by atoms with Gasteiger partial charge in [-0.15, -0.1) is 0 Å². The Morgan fingerprint density at radius 2 is 0.867 bits per heavy atom. The van der Waals surface area contributed by atoms with E-state index in [1.54, 1.807) is 0 Å². The molecule has 346 valence electrons. The van der Waals surface area contributed by atoms with Gasteiger partial charge < -0.3 is 14.2 Å². The van der Waals surface area contributed by atoms with Crippen molar-refractivity contribution in [2.75, 3.05) is 19.8 Å². The van der Waals surface area contributed by atoms with Gasteiger partial charge in [-0.3, -0.25) is 28.0 Å². The van der Waals surface area contributed by atoms with Crippen molar-refractivity contribution >= 4 is 48.3 Å². The summed E-state index contributed by atoms with van der Waals surface area (Å²) in [5.41, 5.74) is -0.718. The minimum atomic E-state index is -5.56. The van der Waals surface area contributed by atoms with Gasteiger partial charge in [0.2, 0.25) is 0 Å². The third-order valence-corrected chi connectivity index (χ3v) is 16.2. The number of carbonyl (C=O) groups is 3. The summed E-state index contributed by atoms with van der Waals surface area (Å²) in [7, 11) is -16.7. The summed E-state index contributed by atoms with van der Waals surface area (Å²) in [6.45, 7) is -2.84. The second kappa shape index (κ2) is 17.7. The first-order valence-corrected chi connectivity index (χ1v) is 24.3. The van der Waals surface area contributed by atoms with E-state index in [1.165, 1.54) is 6.42 Å². The Bertz CT molecular complexity index is 1870. The lowest BCUT2D eigenvalue weighted by atomic mass is 9.49. The van der Waals surface area contributed by atoms with Crippen LogP contribution in [-0.4, -0.2) is 92.4 Å². The summed E-state index contributed by atoms with van der Waals surface area (Å²) in [6, 6.07) is 0. The summed E-state index contributed by atoms with van der Waals surface area (Å²) < 4.78 is 179. The van der Waals surface area contributed by atoms with E-state index in [2.05, 4.69) is 14.2 Å². The molecule has 0 amide bonds. The first-order valence-electron chi connectivity index (χ1n) is 20.0. The predicted molar refractivity (Wildman–Crippen MR) is 195 cm³/mol. The van der Waals surface area contributed by atoms with Crippen molar-refractivity contribution in [3.05, 3.63) is 0 Å². The van der Waals surface area contributed by atoms with E-state index in [1.807, 2.05) is 6.92 Å². The quantitative estimate of drug-likeness (QED) is 0.0861. The molecule has 9 saturated carbocycles. The molecular weight excluding hydrogens is 883 g/mol. The monoisotopic (exact) mass is 934 g/mol. The van der Waals surface area contributed by atoms with Gasteiger partial charge in [0.1, 0.15) is 0 Å². The first-order chi connectivity index (χ1) is 27.4. The van der Waals surface area contributed by atoms with Crippen LogP contribution in [0.2, 0.25) is 0 Å². The summed E-state index contributed by atoms with van der Waals surface area (Å²) in [5.74, 6) is 0.305. The van der Waals surface area contributed by atoms with Crippen LogP contribution in [0.4, 0.5) is 26.3 Å². The van der Waals surface area contributed by atoms with Crippen LogP contribution in [0, 0.1) is 64.6 Å². The van der Waals surface area contributed by atoms with Gasteiger partial charge in [-0.05, 0) is 144 Å². The molecule has 9 fully saturated rings. The van der Waals surface area contributed by atoms with Crippen LogP contribution in [0.15, 0.2) is 0 Å². The van der Waals surface area contributed by atoms with Crippen molar-refractivity contribution in [2.45, 2.75) is 119 Å². The van der Waals surface area contributed by atoms with Crippen LogP contribution in [0.25, 0.3) is 0 Å². The topological polar surface area (TPSA) is 242 Å². The standard InChI is InChI=1S/2C13H18F2O5S.C10H16F2O5S/c14-13(15,21(17,18)19)7-20-11(16)12-4-8-1-9(5-12)3-10(2-8)6-12;14-13(15,21(17,18)19)6-20-12(16)11-9-2-7-1-8(4-9)5-10(11)3-7;1-7-2-4-8(5-3-7)9(13)17-6-10(11,12)18(14,15)16/h8-10H,1-7H2,(H,17,18,19);7-11H,1-6H2,(H,17,18,19);7-8H,2-6H2,1H3,(H,14,15,16). The van der Waals surface area contributed by atoms with Crippen molar-refractivity contribution in [2.24, 2.45) is 64.6 Å². The number of esters is 3. The lowest BCUT2D eigenvalue weighted by Gasteiger charge is -2.55. The van der Waals surface area contributed by atoms with E-state index in [-0.39, 0.29) is 11.8 Å². The molecule has 9 aliphatic carbocycles. The third kappa shape index (κ3) is 11.3. The number of hydrogen-bond acceptors (Lipinski definition) is 12. The van der Waals surface area contributed by atoms with Crippen LogP contribution in [-0.2, 0) is 58.9 Å². The van der Waals surface area contributed by atoms with Gasteiger partial charge in [0.25, 0.3) is 0 Å². The smallest absolute Gasteiger partial charge is 0.402 e. The fourth-order valence-corrected chi connectivity index (χ4v) is 11.8. The number of halogens is 6. The van der Waals surface area contributed by atoms with Crippen molar-refractivity contribution in [3.63, 3.8) is 0 Å². The Balaban J connectivity index is 0.000000172. The second-order valence-electron chi connectivity index (χ2n) is 18.2. The van der Waals surface area contributed by atoms with E-state index in [4.69, 9.17) is 13.7 Å². The van der Waals surface area contributed by atoms with Gasteiger partial charge in [-0.25, -0.2) is 0 Å². The predicted octanol–water partition coefficient (Wildman–Crippen LogP) is 6.15. The van der Waals surface area contributed by atoms with E-state index in [0.717, 1.165) is 57.8 Å². The lowest BCUT2D eigenvalue weighted by Crippen LogP contribution is -2.51. The maximum atomic E-state index is 13.1. The average Bonchev–Trinajstić information content (AvgIpc) is 3.10. The molecule has 3 N–H and O–H groups in total. The maximum absolute atomic E-state index is 13.1. The zero-order valence-corrected chi connectivity index (χ0v) is 35.2. The Hall–Kier alpha value is -2.28. The molecule has 60 heavy (non-hydrogen) atoms. The Kier molecular flexibility index (Phi) is 14.4. The van der Waals surface area contributed by atoms with Crippen molar-refractivity contribution < 1.29 is 93.8 Å². The Morgan fingerprint density at radius 1 is 0.533 bits per heavy atom. The molecule has 0 saturated heterocycles. The molecule has 0 spiro atoms. The second-order valence-corrected chi connectivity index (χ2v) is 22.9. The molecule has 0 unspecified atom stereocenters. The van der Waals surface area contributed by atoms with Gasteiger partial charge in [0, 0.05) is 0 Å². The molecule has 0 aromatic carbocycles. The summed E-state index contributed by atoms with van der Waals surface area (Å²) in [6.07, 6.45) is 12.9. The molecule has 0 aromatic heterocycles. The fraction of sp³-hybridized carbons (Fsp3) is 0.917. The summed E-state index contributed by atoms with van der Waals surface area (Å²) in [5, 5.41) is -13.4. The SMILES string of the molecule is CC1CCC(C(=O)OCC(F)(F)S(=O)(=O)O)CC1.O=C(OCC(F)(F)S(=O)(=O)O)C12CC3CC(CC(C3)C1)C2.O=C(OCC(F)(F)S(=O)(=O)O)C1C2CC3CC(C2)CC1C3. The lowest BCUT2D eigenvalue weighted by molar-refractivity contribution is -0.177. The molecule has 0 heterocycles. The molecule has 8 bridgehead atoms. The summed E-state index contributed by atoms with van der Waals surface area (Å²) >= 11 is 0. The first kappa shape index (κ1) is 48.7. The van der Waals surface area contributed by atoms with E-state index in [0.29, 0.717) is 67.6 Å². The minimum Gasteiger partial charge on any atom is -0.458 e. The highest BCUT2D eigenvalue weighted by Gasteiger charge is 2.57. The number of ether oxygens (including phenoxy) is 3. The van der Waals surface area contributed by atoms with E-state index < -0.39 is 101 Å². The van der Waals surface area contributed by atoms with E-state index in [9.17, 15) is 66.0 Å². The van der Waals surface area contributed by atoms with Gasteiger partial charge in [-0.2, -0.15) is 51.6 Å². The molecule has 0 atom stereocenters. The number of alkyl halides is 6. The molecule has 9 aliphatic rings. The number of rotatable bonds is 12. The van der Waals surface area contributed by atoms with Crippen LogP contribution in [0.5, 0.6) is 0 Å². The van der Waals surface area contributed by atoms with Gasteiger partial charge in [0.15, 0.2) is 19.8 Å². The Labute approximate surface area is 344 Å². The van der Waals surface area contributed by atoms with Crippen molar-refractivity contribution in [3.8, 4) is 0 Å². The van der Waals surface area contributed by atoms with Crippen LogP contribution in [0.3, 0.4) is 0 Å². The van der Waals surface area contributed by atoms with Crippen LogP contribution < -0.4 is 0 Å². The van der Waals surface area contributed by atoms with Gasteiger partial charge in [-0.1, -0.05) is 6.92 Å². The van der Waals surface area contributed by atoms with Crippen molar-refractivity contribution in [1.29, 1.82) is 0 Å². The zero-order chi connectivity index (χ0) is 44.9. The van der Waals surface area contributed by atoms with Crippen molar-refractivity contribution in [1.82, 2.24) is 0 Å². The summed E-state index contributed by atoms with van der Waals surface area (Å²) in [4.78, 5) is 35.8.